The Kier molecular flexibility index (Phi) is 36.9. The van der Waals surface area contributed by atoms with Crippen LogP contribution in [0, 0.1) is 0 Å². The number of amides is 2. The summed E-state index contributed by atoms with van der Waals surface area (Å²) in [4.78, 5) is 54.6. The van der Waals surface area contributed by atoms with Gasteiger partial charge in [-0.25, -0.2) is 4.98 Å². The van der Waals surface area contributed by atoms with Crippen molar-refractivity contribution in [2.75, 3.05) is 39.3 Å². The van der Waals surface area contributed by atoms with Gasteiger partial charge in [-0.2, -0.15) is 0 Å². The summed E-state index contributed by atoms with van der Waals surface area (Å²) in [5.41, 5.74) is 16.5. The standard InChI is InChI=1S/C59H90O4.C18H19N3O3S/c1-44(2)24-15-25-45(3)26-16-27-46(4)28-17-29-47(5)30-18-31-48(6)32-19-33-49(7)34-20-35-50(8)36-21-37-51(9)38-22-39-52(10)40-23-41-53(11)42-43-55-54(12)56(60)58(62-13)59(63-14)57(55)61;1-21(16-4-2-3-9-19-16)10-11-24-14-7-5-13(6-8-14)12-15-17(22)20-18(23)25-15/h24,26,28,30,32,34,36,38,40,42H,15-23,25,27,29,31,33,35,37,39,41,43H2,1-14H3;2-9,15H,10-12H2,1H3,(H,20,22,23)/b45-26+,46-28+,47-30+,48-32+,49-34+,50-36+,51-38+,52-40+,53-42+;. The Balaban J connectivity index is 0.000000663. The Morgan fingerprint density at radius 2 is 0.909 bits per heavy atom. The number of benzene rings is 1. The fourth-order valence-corrected chi connectivity index (χ4v) is 10.9. The van der Waals surface area contributed by atoms with Gasteiger partial charge in [0.15, 0.2) is 0 Å². The molecule has 10 nitrogen and oxygen atoms in total. The van der Waals surface area contributed by atoms with E-state index in [1.54, 1.807) is 13.1 Å². The van der Waals surface area contributed by atoms with Crippen LogP contribution in [0.4, 0.5) is 10.6 Å². The Labute approximate surface area is 536 Å². The molecular formula is C77H109N3O7S. The largest absolute Gasteiger partial charge is 0.492 e. The predicted molar refractivity (Wildman–Crippen MR) is 373 cm³/mol. The maximum Gasteiger partial charge on any atom is 0.286 e. The molecule has 88 heavy (non-hydrogen) atoms. The van der Waals surface area contributed by atoms with E-state index >= 15 is 0 Å². The lowest BCUT2D eigenvalue weighted by molar-refractivity contribution is -0.121. The lowest BCUT2D eigenvalue weighted by Crippen LogP contribution is -2.25. The maximum absolute atomic E-state index is 12.9. The molecule has 0 spiro atoms. The first kappa shape index (κ1) is 75.5. The van der Waals surface area contributed by atoms with E-state index < -0.39 is 0 Å². The van der Waals surface area contributed by atoms with E-state index in [4.69, 9.17) is 14.2 Å². The van der Waals surface area contributed by atoms with Crippen LogP contribution in [0.15, 0.2) is 188 Å². The molecule has 1 aromatic heterocycles. The predicted octanol–water partition coefficient (Wildman–Crippen LogP) is 20.3. The first-order valence-electron chi connectivity index (χ1n) is 32.1. The number of ketones is 2. The molecule has 2 amide bonds. The van der Waals surface area contributed by atoms with E-state index in [0.717, 1.165) is 132 Å². The molecule has 1 aromatic carbocycles. The van der Waals surface area contributed by atoms with Crippen molar-refractivity contribution in [3.8, 4) is 5.75 Å². The van der Waals surface area contributed by atoms with Crippen LogP contribution in [0.3, 0.4) is 0 Å². The third-order valence-electron chi connectivity index (χ3n) is 15.9. The van der Waals surface area contributed by atoms with Crippen LogP contribution >= 0.6 is 11.8 Å². The summed E-state index contributed by atoms with van der Waals surface area (Å²) in [6, 6.07) is 13.4. The van der Waals surface area contributed by atoms with E-state index in [0.29, 0.717) is 30.6 Å². The Hall–Kier alpha value is -6.72. The zero-order chi connectivity index (χ0) is 64.8. The van der Waals surface area contributed by atoms with Gasteiger partial charge in [0, 0.05) is 24.4 Å². The number of anilines is 1. The highest BCUT2D eigenvalue weighted by Gasteiger charge is 2.34. The van der Waals surface area contributed by atoms with E-state index in [2.05, 4.69) is 147 Å². The molecule has 2 aliphatic rings. The summed E-state index contributed by atoms with van der Waals surface area (Å²) in [5, 5.41) is 1.69. The monoisotopic (exact) mass is 1220 g/mol. The minimum absolute atomic E-state index is 0.00667. The van der Waals surface area contributed by atoms with Gasteiger partial charge in [-0.05, 0) is 241 Å². The van der Waals surface area contributed by atoms with Gasteiger partial charge in [-0.15, -0.1) is 0 Å². The van der Waals surface area contributed by atoms with Gasteiger partial charge in [0.05, 0.1) is 26.0 Å². The molecule has 1 unspecified atom stereocenters. The highest BCUT2D eigenvalue weighted by molar-refractivity contribution is 8.15. The van der Waals surface area contributed by atoms with Crippen molar-refractivity contribution in [2.24, 2.45) is 0 Å². The molecule has 0 radical (unpaired) electrons. The number of hydrogen-bond donors (Lipinski definition) is 1. The number of carbonyl (C=O) groups excluding carboxylic acids is 4. The van der Waals surface area contributed by atoms with Crippen LogP contribution in [0.5, 0.6) is 5.75 Å². The molecule has 0 bridgehead atoms. The number of aromatic nitrogens is 1. The van der Waals surface area contributed by atoms with E-state index in [-0.39, 0.29) is 39.5 Å². The number of allylic oxidation sites excluding steroid dienone is 22. The number of imide groups is 1. The van der Waals surface area contributed by atoms with Crippen molar-refractivity contribution >= 4 is 40.3 Å². The highest BCUT2D eigenvalue weighted by Crippen LogP contribution is 2.29. The first-order chi connectivity index (χ1) is 42.1. The molecule has 1 aliphatic carbocycles. The summed E-state index contributed by atoms with van der Waals surface area (Å²) in [6.07, 6.45) is 46.6. The van der Waals surface area contributed by atoms with E-state index in [1.807, 2.05) is 54.4 Å². The number of hydrogen-bond acceptors (Lipinski definition) is 10. The Morgan fingerprint density at radius 3 is 1.26 bits per heavy atom. The van der Waals surface area contributed by atoms with Crippen molar-refractivity contribution in [1.29, 1.82) is 0 Å². The molecule has 11 heteroatoms. The molecule has 0 saturated carbocycles. The molecule has 1 N–H and O–H groups in total. The Morgan fingerprint density at radius 1 is 0.523 bits per heavy atom. The van der Waals surface area contributed by atoms with E-state index in [1.165, 1.54) is 89.2 Å². The van der Waals surface area contributed by atoms with Crippen LogP contribution in [0.25, 0.3) is 0 Å². The quantitative estimate of drug-likeness (QED) is 0.0513. The summed E-state index contributed by atoms with van der Waals surface area (Å²) in [7, 11) is 4.75. The number of nitrogens with zero attached hydrogens (tertiary/aromatic N) is 2. The lowest BCUT2D eigenvalue weighted by Gasteiger charge is -2.19. The smallest absolute Gasteiger partial charge is 0.286 e. The van der Waals surface area contributed by atoms with Gasteiger partial charge >= 0.3 is 0 Å². The summed E-state index contributed by atoms with van der Waals surface area (Å²) >= 11 is 1.05. The zero-order valence-corrected chi connectivity index (χ0v) is 57.5. The normalized spacial score (nSPS) is 16.1. The number of ether oxygens (including phenoxy) is 3. The summed E-state index contributed by atoms with van der Waals surface area (Å²) < 4.78 is 16.1. The minimum atomic E-state index is -0.341. The number of Topliss-reactive ketones (excluding diaryl/α,β-unsaturated/α-hetero) is 2. The lowest BCUT2D eigenvalue weighted by atomic mass is 9.90. The van der Waals surface area contributed by atoms with Crippen LogP contribution < -0.4 is 15.0 Å². The fourth-order valence-electron chi connectivity index (χ4n) is 10.0. The molecule has 1 aliphatic heterocycles. The van der Waals surface area contributed by atoms with Gasteiger partial charge in [-0.3, -0.25) is 24.5 Å². The van der Waals surface area contributed by atoms with Crippen LogP contribution in [0.1, 0.15) is 211 Å². The fraction of sp³-hybridized carbons (Fsp3) is 0.494. The number of pyridine rings is 1. The zero-order valence-electron chi connectivity index (χ0n) is 56.7. The van der Waals surface area contributed by atoms with Crippen molar-refractivity contribution in [3.63, 3.8) is 0 Å². The second kappa shape index (κ2) is 43.0. The summed E-state index contributed by atoms with van der Waals surface area (Å²) in [5.74, 6) is 0.895. The minimum Gasteiger partial charge on any atom is -0.492 e. The molecule has 2 aromatic rings. The molecule has 1 atom stereocenters. The number of rotatable bonds is 38. The average molecular weight is 1220 g/mol. The topological polar surface area (TPSA) is 124 Å². The van der Waals surface area contributed by atoms with Gasteiger partial charge in [0.25, 0.3) is 5.24 Å². The van der Waals surface area contributed by atoms with Crippen molar-refractivity contribution in [2.45, 2.75) is 217 Å². The average Bonchev–Trinajstić information content (AvgIpc) is 1.19. The number of likely N-dealkylation sites (N-methyl/N-ethyl adjacent to an activating group) is 1. The van der Waals surface area contributed by atoms with Gasteiger partial charge < -0.3 is 19.1 Å². The molecule has 1 saturated heterocycles. The summed E-state index contributed by atoms with van der Waals surface area (Å²) in [6.45, 7) is 27.6. The van der Waals surface area contributed by atoms with Gasteiger partial charge in [0.1, 0.15) is 18.2 Å². The molecular weight excluding hydrogens is 1110 g/mol. The number of thioether (sulfide) groups is 1. The van der Waals surface area contributed by atoms with Gasteiger partial charge in [-0.1, -0.05) is 146 Å². The molecule has 480 valence electrons. The molecule has 2 heterocycles. The van der Waals surface area contributed by atoms with Crippen molar-refractivity contribution in [1.82, 2.24) is 10.3 Å². The third-order valence-corrected chi connectivity index (χ3v) is 16.9. The Bertz CT molecular complexity index is 2950. The molecule has 4 rings (SSSR count). The molecule has 1 fully saturated rings. The first-order valence-corrected chi connectivity index (χ1v) is 33.0. The number of nitrogens with one attached hydrogen (secondary N) is 1. The maximum atomic E-state index is 12.9. The van der Waals surface area contributed by atoms with Crippen molar-refractivity contribution in [3.05, 3.63) is 193 Å². The van der Waals surface area contributed by atoms with Crippen molar-refractivity contribution < 1.29 is 33.4 Å². The SMILES string of the molecule is CN(CCOc1ccc(CC2SC(=O)NC2=O)cc1)c1ccccn1.COC1=C(OC)C(=O)C(C/C=C(\C)CC/C=C(\C)CC/C=C(\C)CC/C=C(\C)CC/C=C(\C)CC/C=C(\C)CC/C=C(\C)CC/C=C(\C)CC/C=C(\C)CCC=C(C)C)=C(C)C1=O. The second-order valence-corrected chi connectivity index (χ2v) is 25.5. The number of carbonyl (C=O) groups is 4. The number of methoxy groups -OCH3 is 2. The van der Waals surface area contributed by atoms with Crippen LogP contribution in [0.2, 0.25) is 0 Å². The van der Waals surface area contributed by atoms with Gasteiger partial charge in [0.2, 0.25) is 29.0 Å². The van der Waals surface area contributed by atoms with E-state index in [9.17, 15) is 19.2 Å². The highest BCUT2D eigenvalue weighted by atomic mass is 32.2. The second-order valence-electron chi connectivity index (χ2n) is 24.3. The third kappa shape index (κ3) is 31.5. The van der Waals surface area contributed by atoms with Crippen LogP contribution in [-0.4, -0.2) is 67.4 Å². The van der Waals surface area contributed by atoms with Crippen LogP contribution in [-0.2, 0) is 30.3 Å².